The van der Waals surface area contributed by atoms with E-state index >= 15 is 4.39 Å². The predicted octanol–water partition coefficient (Wildman–Crippen LogP) is 5.28. The van der Waals surface area contributed by atoms with Crippen LogP contribution < -0.4 is 0 Å². The molecule has 1 N–H and O–H groups in total. The van der Waals surface area contributed by atoms with Gasteiger partial charge in [0.2, 0.25) is 0 Å². The Morgan fingerprint density at radius 2 is 2.14 bits per heavy atom. The molecule has 0 radical (unpaired) electrons. The first-order valence-electron chi connectivity index (χ1n) is 9.45. The quantitative estimate of drug-likeness (QED) is 0.774. The Bertz CT molecular complexity index is 868. The van der Waals surface area contributed by atoms with Gasteiger partial charge in [0.25, 0.3) is 0 Å². The van der Waals surface area contributed by atoms with E-state index in [2.05, 4.69) is 6.07 Å². The Morgan fingerprint density at radius 1 is 1.39 bits per heavy atom. The number of benzene rings is 1. The molecule has 1 fully saturated rings. The van der Waals surface area contributed by atoms with E-state index in [9.17, 15) is 14.8 Å². The topological polar surface area (TPSA) is 60.4 Å². The smallest absolute Gasteiger partial charge is 0.128 e. The number of alkyl halides is 1. The standard InChI is InChI=1S/C22H26F2N2O2/c1-21(2,3)22(5-7-25)6-8-26(13-20(22)24)12-16-10-19(27)17(11-18(16)23)15-4-9-28-14-15/h4,9-11,14,20,27H,5-6,8,12-13H2,1-3H3. The first kappa shape index (κ1) is 20.3. The van der Waals surface area contributed by atoms with Crippen molar-refractivity contribution in [1.29, 1.82) is 5.26 Å². The van der Waals surface area contributed by atoms with Crippen molar-refractivity contribution in [1.82, 2.24) is 4.90 Å². The molecule has 2 unspecified atom stereocenters. The van der Waals surface area contributed by atoms with Crippen molar-refractivity contribution >= 4 is 0 Å². The molecule has 2 aromatic rings. The summed E-state index contributed by atoms with van der Waals surface area (Å²) in [6.45, 7) is 6.83. The van der Waals surface area contributed by atoms with E-state index in [1.54, 1.807) is 6.07 Å². The Hall–Kier alpha value is -2.39. The van der Waals surface area contributed by atoms with Crippen LogP contribution in [0.3, 0.4) is 0 Å². The highest BCUT2D eigenvalue weighted by Crippen LogP contribution is 2.50. The second-order valence-electron chi connectivity index (χ2n) is 8.67. The Balaban J connectivity index is 1.78. The monoisotopic (exact) mass is 388 g/mol. The zero-order valence-electron chi connectivity index (χ0n) is 16.5. The lowest BCUT2D eigenvalue weighted by atomic mass is 9.59. The van der Waals surface area contributed by atoms with Gasteiger partial charge in [-0.25, -0.2) is 8.78 Å². The van der Waals surface area contributed by atoms with Gasteiger partial charge in [0.05, 0.1) is 18.6 Å². The summed E-state index contributed by atoms with van der Waals surface area (Å²) >= 11 is 0. The first-order valence-corrected chi connectivity index (χ1v) is 9.45. The molecule has 1 saturated heterocycles. The van der Waals surface area contributed by atoms with Gasteiger partial charge in [0, 0.05) is 41.6 Å². The van der Waals surface area contributed by atoms with Crippen molar-refractivity contribution in [3.05, 3.63) is 42.1 Å². The molecule has 0 bridgehead atoms. The molecule has 1 aromatic carbocycles. The number of aromatic hydroxyl groups is 1. The summed E-state index contributed by atoms with van der Waals surface area (Å²) in [7, 11) is 0. The third-order valence-electron chi connectivity index (χ3n) is 6.17. The van der Waals surface area contributed by atoms with Crippen molar-refractivity contribution < 1.29 is 18.3 Å². The molecule has 4 nitrogen and oxygen atoms in total. The number of hydrogen-bond acceptors (Lipinski definition) is 4. The maximum atomic E-state index is 15.2. The van der Waals surface area contributed by atoms with Crippen molar-refractivity contribution in [3.63, 3.8) is 0 Å². The van der Waals surface area contributed by atoms with Crippen LogP contribution in [-0.4, -0.2) is 29.3 Å². The Morgan fingerprint density at radius 3 is 2.71 bits per heavy atom. The second-order valence-corrected chi connectivity index (χ2v) is 8.67. The number of hydrogen-bond donors (Lipinski definition) is 1. The number of nitriles is 1. The molecule has 2 heterocycles. The molecule has 28 heavy (non-hydrogen) atoms. The molecule has 0 spiro atoms. The van der Waals surface area contributed by atoms with Crippen molar-refractivity contribution in [2.75, 3.05) is 13.1 Å². The number of furan rings is 1. The number of phenols is 1. The van der Waals surface area contributed by atoms with E-state index in [-0.39, 0.29) is 30.7 Å². The van der Waals surface area contributed by atoms with Gasteiger partial charge in [-0.2, -0.15) is 5.26 Å². The maximum absolute atomic E-state index is 15.2. The summed E-state index contributed by atoms with van der Waals surface area (Å²) in [5.41, 5.74) is 0.225. The van der Waals surface area contributed by atoms with Gasteiger partial charge in [-0.05, 0) is 36.6 Å². The van der Waals surface area contributed by atoms with Crippen LogP contribution in [0.5, 0.6) is 5.75 Å². The molecule has 3 rings (SSSR count). The van der Waals surface area contributed by atoms with Gasteiger partial charge >= 0.3 is 0 Å². The molecule has 1 aliphatic heterocycles. The fraction of sp³-hybridized carbons (Fsp3) is 0.500. The number of piperidine rings is 1. The second kappa shape index (κ2) is 7.56. The van der Waals surface area contributed by atoms with E-state index in [1.165, 1.54) is 24.7 Å². The molecule has 0 amide bonds. The van der Waals surface area contributed by atoms with Crippen LogP contribution in [0.1, 0.15) is 39.2 Å². The van der Waals surface area contributed by atoms with E-state index in [1.807, 2.05) is 25.7 Å². The van der Waals surface area contributed by atoms with Gasteiger partial charge in [0.1, 0.15) is 17.7 Å². The van der Waals surface area contributed by atoms with Gasteiger partial charge in [0.15, 0.2) is 0 Å². The van der Waals surface area contributed by atoms with Gasteiger partial charge in [-0.3, -0.25) is 4.90 Å². The van der Waals surface area contributed by atoms with Crippen molar-refractivity contribution in [3.8, 4) is 22.9 Å². The van der Waals surface area contributed by atoms with E-state index in [4.69, 9.17) is 4.42 Å². The molecule has 150 valence electrons. The molecule has 1 aliphatic rings. The highest BCUT2D eigenvalue weighted by molar-refractivity contribution is 5.69. The molecule has 0 aliphatic carbocycles. The molecule has 6 heteroatoms. The van der Waals surface area contributed by atoms with E-state index < -0.39 is 17.4 Å². The summed E-state index contributed by atoms with van der Waals surface area (Å²) in [4.78, 5) is 1.85. The number of likely N-dealkylation sites (tertiary alicyclic amines) is 1. The molecular weight excluding hydrogens is 362 g/mol. The third kappa shape index (κ3) is 3.64. The summed E-state index contributed by atoms with van der Waals surface area (Å²) in [5, 5.41) is 19.5. The van der Waals surface area contributed by atoms with E-state index in [0.29, 0.717) is 29.7 Å². The lowest BCUT2D eigenvalue weighted by Crippen LogP contribution is -2.54. The predicted molar refractivity (Wildman–Crippen MR) is 103 cm³/mol. The molecule has 2 atom stereocenters. The SMILES string of the molecule is CC(C)(C)C1(CC#N)CCN(Cc2cc(O)c(-c3ccoc3)cc2F)CC1F. The lowest BCUT2D eigenvalue weighted by molar-refractivity contribution is -0.0662. The maximum Gasteiger partial charge on any atom is 0.128 e. The third-order valence-corrected chi connectivity index (χ3v) is 6.17. The zero-order valence-corrected chi connectivity index (χ0v) is 16.5. The van der Waals surface area contributed by atoms with Crippen LogP contribution in [0.4, 0.5) is 8.78 Å². The van der Waals surface area contributed by atoms with Crippen LogP contribution in [0.2, 0.25) is 0 Å². The average molecular weight is 388 g/mol. The summed E-state index contributed by atoms with van der Waals surface area (Å²) in [5.74, 6) is -0.491. The molecular formula is C22H26F2N2O2. The highest BCUT2D eigenvalue weighted by atomic mass is 19.1. The minimum atomic E-state index is -1.18. The zero-order chi connectivity index (χ0) is 20.5. The number of rotatable bonds is 4. The van der Waals surface area contributed by atoms with Crippen LogP contribution in [0, 0.1) is 28.0 Å². The van der Waals surface area contributed by atoms with Crippen LogP contribution >= 0.6 is 0 Å². The van der Waals surface area contributed by atoms with Gasteiger partial charge < -0.3 is 9.52 Å². The minimum absolute atomic E-state index is 0.0415. The Labute approximate surface area is 164 Å². The first-order chi connectivity index (χ1) is 13.2. The minimum Gasteiger partial charge on any atom is -0.507 e. The molecule has 0 saturated carbocycles. The lowest BCUT2D eigenvalue weighted by Gasteiger charge is -2.51. The van der Waals surface area contributed by atoms with Gasteiger partial charge in [-0.15, -0.1) is 0 Å². The number of phenolic OH excluding ortho intramolecular Hbond substituents is 1. The summed E-state index contributed by atoms with van der Waals surface area (Å²) in [6.07, 6.45) is 2.42. The molecule has 1 aromatic heterocycles. The average Bonchev–Trinajstić information content (AvgIpc) is 3.13. The summed E-state index contributed by atoms with van der Waals surface area (Å²) in [6, 6.07) is 6.48. The number of nitrogens with zero attached hydrogens (tertiary/aromatic N) is 2. The van der Waals surface area contributed by atoms with Crippen molar-refractivity contribution in [2.45, 2.75) is 46.3 Å². The number of halogens is 2. The van der Waals surface area contributed by atoms with Crippen LogP contribution in [0.25, 0.3) is 11.1 Å². The largest absolute Gasteiger partial charge is 0.507 e. The Kier molecular flexibility index (Phi) is 5.49. The van der Waals surface area contributed by atoms with Crippen LogP contribution in [0.15, 0.2) is 35.1 Å². The van der Waals surface area contributed by atoms with Crippen molar-refractivity contribution in [2.24, 2.45) is 10.8 Å². The van der Waals surface area contributed by atoms with E-state index in [0.717, 1.165) is 0 Å². The van der Waals surface area contributed by atoms with Crippen LogP contribution in [-0.2, 0) is 6.54 Å². The van der Waals surface area contributed by atoms with Gasteiger partial charge in [-0.1, -0.05) is 20.8 Å². The summed E-state index contributed by atoms with van der Waals surface area (Å²) < 4.78 is 34.8. The highest BCUT2D eigenvalue weighted by Gasteiger charge is 2.51. The normalized spacial score (nSPS) is 23.5. The fourth-order valence-electron chi connectivity index (χ4n) is 4.22. The fourth-order valence-corrected chi connectivity index (χ4v) is 4.22.